The van der Waals surface area contributed by atoms with Crippen LogP contribution in [0.4, 0.5) is 0 Å². The monoisotopic (exact) mass is 279 g/mol. The molecule has 0 bridgehead atoms. The Kier molecular flexibility index (Phi) is 2.69. The quantitative estimate of drug-likeness (QED) is 0.807. The molecule has 2 aromatic carbocycles. The van der Waals surface area contributed by atoms with E-state index >= 15 is 0 Å². The Bertz CT molecular complexity index is 878. The summed E-state index contributed by atoms with van der Waals surface area (Å²) < 4.78 is 51.6. The van der Waals surface area contributed by atoms with Crippen LogP contribution < -0.4 is 9.61 Å². The van der Waals surface area contributed by atoms with Gasteiger partial charge in [0.05, 0.1) is 4.11 Å². The molecule has 19 heavy (non-hydrogen) atoms. The lowest BCUT2D eigenvalue weighted by Crippen LogP contribution is -2.14. The van der Waals surface area contributed by atoms with Gasteiger partial charge < -0.3 is 4.18 Å². The van der Waals surface area contributed by atoms with Gasteiger partial charge in [0.15, 0.2) is 5.75 Å². The van der Waals surface area contributed by atoms with Crippen LogP contribution in [-0.2, 0) is 10.1 Å². The first kappa shape index (κ1) is 9.75. The van der Waals surface area contributed by atoms with Gasteiger partial charge in [-0.05, 0) is 31.1 Å². The molecular formula is C14H12O4S. The summed E-state index contributed by atoms with van der Waals surface area (Å²) in [5.41, 5.74) is -0.206. The molecule has 0 aliphatic rings. The van der Waals surface area contributed by atoms with E-state index in [2.05, 4.69) is 0 Å². The maximum Gasteiger partial charge on any atom is 0.339 e. The largest absolute Gasteiger partial charge is 0.375 e. The summed E-state index contributed by atoms with van der Waals surface area (Å²) in [7, 11) is -4.30. The lowest BCUT2D eigenvalue weighted by molar-refractivity contribution is 0.484. The highest BCUT2D eigenvalue weighted by molar-refractivity contribution is 7.87. The van der Waals surface area contributed by atoms with Crippen molar-refractivity contribution in [3.05, 3.63) is 70.3 Å². The van der Waals surface area contributed by atoms with Gasteiger partial charge in [-0.2, -0.15) is 8.42 Å². The summed E-state index contributed by atoms with van der Waals surface area (Å²) >= 11 is 0. The second kappa shape index (κ2) is 5.24. The van der Waals surface area contributed by atoms with Crippen molar-refractivity contribution in [2.45, 2.75) is 11.8 Å². The van der Waals surface area contributed by atoms with E-state index in [0.29, 0.717) is 0 Å². The summed E-state index contributed by atoms with van der Waals surface area (Å²) in [6.45, 7) is 1.79. The summed E-state index contributed by atoms with van der Waals surface area (Å²) in [5, 5.41) is 0. The van der Waals surface area contributed by atoms with Crippen LogP contribution in [0.1, 0.15) is 9.68 Å². The molecular weight excluding hydrogens is 264 g/mol. The Balaban J connectivity index is 2.56. The number of benzene rings is 1. The van der Waals surface area contributed by atoms with E-state index in [9.17, 15) is 13.2 Å². The van der Waals surface area contributed by atoms with Crippen LogP contribution in [0, 0.1) is 6.92 Å². The van der Waals surface area contributed by atoms with Crippen molar-refractivity contribution in [2.75, 3.05) is 0 Å². The van der Waals surface area contributed by atoms with Crippen LogP contribution in [0.15, 0.2) is 64.2 Å². The Labute approximate surface area is 115 Å². The standard InChI is InChI=1S/C14H12O4S/c1-11-7-9-12(10-8-11)19(16,17)18-14-6-4-2-3-5-13(14)15/h2-10H,1H3/i2D,5D,6D. The van der Waals surface area contributed by atoms with Crippen molar-refractivity contribution in [2.24, 2.45) is 0 Å². The topological polar surface area (TPSA) is 60.4 Å². The highest BCUT2D eigenvalue weighted by Crippen LogP contribution is 2.15. The first-order valence-corrected chi connectivity index (χ1v) is 6.75. The van der Waals surface area contributed by atoms with Crippen LogP contribution in [0.5, 0.6) is 5.75 Å². The van der Waals surface area contributed by atoms with Crippen molar-refractivity contribution in [1.82, 2.24) is 0 Å². The molecule has 0 heterocycles. The van der Waals surface area contributed by atoms with Crippen LogP contribution in [0.2, 0.25) is 0 Å². The molecule has 0 spiro atoms. The minimum absolute atomic E-state index is 0.166. The molecule has 0 aliphatic heterocycles. The van der Waals surface area contributed by atoms with Gasteiger partial charge in [-0.3, -0.25) is 4.79 Å². The second-order valence-electron chi connectivity index (χ2n) is 3.75. The molecule has 0 aromatic heterocycles. The van der Waals surface area contributed by atoms with E-state index in [1.54, 1.807) is 19.1 Å². The lowest BCUT2D eigenvalue weighted by Gasteiger charge is -2.05. The zero-order valence-electron chi connectivity index (χ0n) is 13.0. The first-order chi connectivity index (χ1) is 10.2. The normalized spacial score (nSPS) is 13.2. The van der Waals surface area contributed by atoms with Crippen LogP contribution in [0.3, 0.4) is 0 Å². The molecule has 0 atom stereocenters. The van der Waals surface area contributed by atoms with Crippen molar-refractivity contribution < 1.29 is 16.7 Å². The van der Waals surface area contributed by atoms with Gasteiger partial charge in [0.25, 0.3) is 0 Å². The highest BCUT2D eigenvalue weighted by atomic mass is 32.2. The number of aryl methyl sites for hydroxylation is 1. The van der Waals surface area contributed by atoms with Crippen molar-refractivity contribution in [3.8, 4) is 5.75 Å². The minimum atomic E-state index is -4.30. The van der Waals surface area contributed by atoms with E-state index in [4.69, 9.17) is 8.30 Å². The van der Waals surface area contributed by atoms with E-state index in [1.807, 2.05) is 0 Å². The van der Waals surface area contributed by atoms with Crippen molar-refractivity contribution in [3.63, 3.8) is 0 Å². The van der Waals surface area contributed by atoms with Crippen LogP contribution in [0.25, 0.3) is 0 Å². The summed E-state index contributed by atoms with van der Waals surface area (Å²) in [6, 6.07) is 6.21. The molecule has 0 aliphatic carbocycles. The molecule has 0 saturated heterocycles. The molecule has 2 aromatic rings. The molecule has 0 saturated carbocycles. The summed E-state index contributed by atoms with van der Waals surface area (Å²) in [6.07, 6.45) is 0. The highest BCUT2D eigenvalue weighted by Gasteiger charge is 2.17. The Morgan fingerprint density at radius 3 is 2.42 bits per heavy atom. The summed E-state index contributed by atoms with van der Waals surface area (Å²) in [5.74, 6) is -0.788. The van der Waals surface area contributed by atoms with Gasteiger partial charge in [-0.25, -0.2) is 0 Å². The fourth-order valence-corrected chi connectivity index (χ4v) is 2.22. The Morgan fingerprint density at radius 2 is 1.74 bits per heavy atom. The second-order valence-corrected chi connectivity index (χ2v) is 5.30. The van der Waals surface area contributed by atoms with Crippen molar-refractivity contribution >= 4 is 10.1 Å². The molecule has 0 N–H and O–H groups in total. The van der Waals surface area contributed by atoms with Gasteiger partial charge in [0.2, 0.25) is 5.43 Å². The minimum Gasteiger partial charge on any atom is -0.375 e. The average Bonchev–Trinajstić information content (AvgIpc) is 2.51. The molecule has 0 fully saturated rings. The molecule has 0 unspecified atom stereocenters. The number of hydrogen-bond acceptors (Lipinski definition) is 4. The van der Waals surface area contributed by atoms with Crippen molar-refractivity contribution in [1.29, 1.82) is 0 Å². The Hall–Kier alpha value is -2.14. The SMILES string of the molecule is [2H]c1cc([2H])c(OS(=O)(=O)c2ccc(C)cc2)c(=O)c([2H])c1. The van der Waals surface area contributed by atoms with Gasteiger partial charge in [0, 0.05) is 0 Å². The first-order valence-electron chi connectivity index (χ1n) is 6.84. The van der Waals surface area contributed by atoms with E-state index < -0.39 is 33.4 Å². The van der Waals surface area contributed by atoms with Gasteiger partial charge in [-0.15, -0.1) is 0 Å². The molecule has 0 radical (unpaired) electrons. The predicted molar refractivity (Wildman–Crippen MR) is 71.7 cm³/mol. The fraction of sp³-hybridized carbons (Fsp3) is 0.0714. The zero-order chi connectivity index (χ0) is 16.5. The maximum atomic E-state index is 12.2. The number of rotatable bonds is 3. The predicted octanol–water partition coefficient (Wildman–Crippen LogP) is 2.12. The van der Waals surface area contributed by atoms with E-state index in [0.717, 1.165) is 17.7 Å². The van der Waals surface area contributed by atoms with Gasteiger partial charge in [-0.1, -0.05) is 35.9 Å². The zero-order valence-corrected chi connectivity index (χ0v) is 10.8. The fourth-order valence-electron chi connectivity index (χ4n) is 1.31. The van der Waals surface area contributed by atoms with E-state index in [1.165, 1.54) is 12.1 Å². The maximum absolute atomic E-state index is 12.2. The molecule has 4 nitrogen and oxygen atoms in total. The third-order valence-corrected chi connectivity index (χ3v) is 3.52. The Morgan fingerprint density at radius 1 is 1.11 bits per heavy atom. The third-order valence-electron chi connectivity index (χ3n) is 2.28. The van der Waals surface area contributed by atoms with Gasteiger partial charge >= 0.3 is 10.1 Å². The lowest BCUT2D eigenvalue weighted by atomic mass is 10.2. The molecule has 2 rings (SSSR count). The average molecular weight is 279 g/mol. The third kappa shape index (κ3) is 3.20. The van der Waals surface area contributed by atoms with Gasteiger partial charge in [0.1, 0.15) is 4.90 Å². The summed E-state index contributed by atoms with van der Waals surface area (Å²) in [4.78, 5) is 11.8. The van der Waals surface area contributed by atoms with Crippen LogP contribution in [-0.4, -0.2) is 8.42 Å². The number of hydrogen-bond donors (Lipinski definition) is 0. The molecule has 0 amide bonds. The smallest absolute Gasteiger partial charge is 0.339 e. The van der Waals surface area contributed by atoms with Crippen LogP contribution >= 0.6 is 0 Å². The molecule has 5 heteroatoms. The van der Waals surface area contributed by atoms with E-state index in [-0.39, 0.29) is 10.9 Å². The molecule has 98 valence electrons.